The zero-order valence-electron chi connectivity index (χ0n) is 22.3. The minimum atomic E-state index is -4.31. The number of hydrogen-bond acceptors (Lipinski definition) is 8. The molecule has 1 aromatic carbocycles. The number of pyridine rings is 2. The van der Waals surface area contributed by atoms with E-state index in [0.29, 0.717) is 49.8 Å². The number of carbonyl (C=O) groups excluding carboxylic acids is 1. The fourth-order valence-electron chi connectivity index (χ4n) is 4.19. The molecule has 1 amide bonds. The van der Waals surface area contributed by atoms with Crippen molar-refractivity contribution < 1.29 is 35.9 Å². The van der Waals surface area contributed by atoms with Crippen LogP contribution in [0.1, 0.15) is 41.9 Å². The summed E-state index contributed by atoms with van der Waals surface area (Å²) in [6, 6.07) is 10.5. The van der Waals surface area contributed by atoms with E-state index >= 15 is 0 Å². The molecule has 1 aliphatic heterocycles. The average Bonchev–Trinajstić information content (AvgIpc) is 2.98. The lowest BCUT2D eigenvalue weighted by Gasteiger charge is -2.33. The third-order valence-corrected chi connectivity index (χ3v) is 7.87. The number of halogens is 3. The highest BCUT2D eigenvalue weighted by atomic mass is 32.2. The molecule has 0 bridgehead atoms. The summed E-state index contributed by atoms with van der Waals surface area (Å²) in [6.07, 6.45) is 2.98. The van der Waals surface area contributed by atoms with E-state index in [2.05, 4.69) is 9.97 Å². The molecule has 1 saturated heterocycles. The molecule has 10 nitrogen and oxygen atoms in total. The van der Waals surface area contributed by atoms with Gasteiger partial charge in [-0.1, -0.05) is 13.0 Å². The van der Waals surface area contributed by atoms with Crippen LogP contribution in [-0.2, 0) is 10.2 Å². The summed E-state index contributed by atoms with van der Waals surface area (Å²) in [5.41, 5.74) is -0.361. The Kier molecular flexibility index (Phi) is 10.1. The third-order valence-electron chi connectivity index (χ3n) is 6.38. The second kappa shape index (κ2) is 13.7. The topological polar surface area (TPSA) is 114 Å². The second-order valence-electron chi connectivity index (χ2n) is 9.16. The monoisotopic (exact) mass is 593 g/mol. The van der Waals surface area contributed by atoms with E-state index in [1.165, 1.54) is 6.20 Å². The first-order valence-electron chi connectivity index (χ1n) is 13.0. The molecule has 0 spiro atoms. The van der Waals surface area contributed by atoms with Crippen LogP contribution >= 0.6 is 0 Å². The lowest BCUT2D eigenvalue weighted by molar-refractivity contribution is 0.0971. The van der Waals surface area contributed by atoms with Gasteiger partial charge in [0, 0.05) is 45.0 Å². The van der Waals surface area contributed by atoms with Gasteiger partial charge in [-0.25, -0.2) is 14.1 Å². The second-order valence-corrected chi connectivity index (χ2v) is 10.8. The summed E-state index contributed by atoms with van der Waals surface area (Å²) in [5.74, 6) is -3.96. The highest BCUT2D eigenvalue weighted by molar-refractivity contribution is 7.87. The van der Waals surface area contributed by atoms with Crippen LogP contribution in [0.2, 0.25) is 0 Å². The van der Waals surface area contributed by atoms with Gasteiger partial charge in [0.15, 0.2) is 11.6 Å². The van der Waals surface area contributed by atoms with Gasteiger partial charge in [-0.05, 0) is 43.2 Å². The Bertz CT molecular complexity index is 1420. The Hall–Kier alpha value is -3.75. The van der Waals surface area contributed by atoms with Crippen LogP contribution in [0.25, 0.3) is 0 Å². The van der Waals surface area contributed by atoms with Crippen LogP contribution in [-0.4, -0.2) is 72.9 Å². The number of nitrogens with zero attached hydrogens (tertiary/aromatic N) is 4. The number of piperazine rings is 1. The summed E-state index contributed by atoms with van der Waals surface area (Å²) in [4.78, 5) is 22.9. The number of ether oxygens (including phenoxy) is 2. The van der Waals surface area contributed by atoms with Crippen molar-refractivity contribution in [3.8, 4) is 17.4 Å². The molecule has 1 atom stereocenters. The average molecular weight is 594 g/mol. The number of alkyl halides is 1. The number of rotatable bonds is 12. The minimum Gasteiger partial charge on any atom is -0.481 e. The normalized spacial score (nSPS) is 15.3. The van der Waals surface area contributed by atoms with Gasteiger partial charge in [-0.3, -0.25) is 14.2 Å². The molecule has 3 heterocycles. The molecule has 0 saturated carbocycles. The Balaban J connectivity index is 1.40. The van der Waals surface area contributed by atoms with Gasteiger partial charge in [0.2, 0.25) is 11.7 Å². The van der Waals surface area contributed by atoms with Crippen LogP contribution in [0.4, 0.5) is 13.2 Å². The van der Waals surface area contributed by atoms with E-state index in [1.807, 2.05) is 4.90 Å². The molecule has 0 aliphatic carbocycles. The van der Waals surface area contributed by atoms with Gasteiger partial charge >= 0.3 is 10.2 Å². The van der Waals surface area contributed by atoms with E-state index in [1.54, 1.807) is 48.2 Å². The maximum absolute atomic E-state index is 15.0. The number of benzene rings is 1. The molecule has 2 aromatic heterocycles. The molecule has 0 radical (unpaired) electrons. The van der Waals surface area contributed by atoms with Crippen molar-refractivity contribution in [2.45, 2.75) is 25.9 Å². The zero-order valence-corrected chi connectivity index (χ0v) is 23.1. The molecular formula is C27H30F3N5O5S. The van der Waals surface area contributed by atoms with Gasteiger partial charge in [0.05, 0.1) is 24.1 Å². The van der Waals surface area contributed by atoms with Crippen LogP contribution in [0.15, 0.2) is 54.9 Å². The van der Waals surface area contributed by atoms with Crippen molar-refractivity contribution >= 4 is 16.1 Å². The fraction of sp³-hybridized carbons (Fsp3) is 0.370. The Morgan fingerprint density at radius 2 is 1.83 bits per heavy atom. The van der Waals surface area contributed by atoms with Gasteiger partial charge < -0.3 is 14.4 Å². The predicted molar refractivity (Wildman–Crippen MR) is 144 cm³/mol. The molecule has 220 valence electrons. The Labute approximate surface area is 236 Å². The number of nitrogens with one attached hydrogen (secondary N) is 1. The van der Waals surface area contributed by atoms with Crippen LogP contribution in [0.5, 0.6) is 17.4 Å². The zero-order chi connectivity index (χ0) is 29.4. The first-order valence-corrected chi connectivity index (χ1v) is 14.5. The van der Waals surface area contributed by atoms with Gasteiger partial charge in [-0.15, -0.1) is 0 Å². The molecule has 4 rings (SSSR count). The van der Waals surface area contributed by atoms with E-state index in [-0.39, 0.29) is 13.1 Å². The lowest BCUT2D eigenvalue weighted by Crippen LogP contribution is -2.53. The maximum atomic E-state index is 15.0. The molecule has 1 aliphatic rings. The van der Waals surface area contributed by atoms with Crippen LogP contribution in [0.3, 0.4) is 0 Å². The van der Waals surface area contributed by atoms with E-state index in [9.17, 15) is 26.4 Å². The molecule has 3 aromatic rings. The SMILES string of the molecule is CC[C@@H](Oc1ccc(C(=O)NS(=O)(=O)N2CCN(CCCF)CC2)c(F)c1F)c1ccc(Oc2ccccn2)cn1. The Morgan fingerprint density at radius 3 is 2.46 bits per heavy atom. The van der Waals surface area contributed by atoms with E-state index in [4.69, 9.17) is 9.47 Å². The van der Waals surface area contributed by atoms with Crippen LogP contribution in [0, 0.1) is 11.6 Å². The molecular weight excluding hydrogens is 563 g/mol. The van der Waals surface area contributed by atoms with Crippen molar-refractivity contribution in [2.75, 3.05) is 39.4 Å². The molecule has 1 N–H and O–H groups in total. The highest BCUT2D eigenvalue weighted by Crippen LogP contribution is 2.30. The maximum Gasteiger partial charge on any atom is 0.304 e. The summed E-state index contributed by atoms with van der Waals surface area (Å²) in [7, 11) is -4.31. The van der Waals surface area contributed by atoms with Gasteiger partial charge in [-0.2, -0.15) is 17.1 Å². The van der Waals surface area contributed by atoms with Crippen molar-refractivity contribution in [3.05, 3.63) is 77.8 Å². The van der Waals surface area contributed by atoms with Crippen molar-refractivity contribution in [1.29, 1.82) is 0 Å². The fourth-order valence-corrected chi connectivity index (χ4v) is 5.31. The standard InChI is InChI=1S/C27H30F3N5O5S/c1-2-22(21-9-7-19(18-32-21)39-24-6-3-4-12-31-24)40-23-10-8-20(25(29)26(23)30)27(36)33-41(37,38)35-16-14-34(15-17-35)13-5-11-28/h3-4,6-10,12,18,22H,2,5,11,13-17H2,1H3,(H,33,36)/t22-/m1/s1. The number of carbonyl (C=O) groups is 1. The predicted octanol–water partition coefficient (Wildman–Crippen LogP) is 4.03. The van der Waals surface area contributed by atoms with E-state index < -0.39 is 51.8 Å². The van der Waals surface area contributed by atoms with Gasteiger partial charge in [0.25, 0.3) is 5.91 Å². The third kappa shape index (κ3) is 7.71. The lowest BCUT2D eigenvalue weighted by atomic mass is 10.1. The summed E-state index contributed by atoms with van der Waals surface area (Å²) in [6.45, 7) is 2.66. The summed E-state index contributed by atoms with van der Waals surface area (Å²) in [5, 5.41) is 0. The smallest absolute Gasteiger partial charge is 0.304 e. The van der Waals surface area contributed by atoms with Gasteiger partial charge in [0.1, 0.15) is 11.9 Å². The molecule has 41 heavy (non-hydrogen) atoms. The minimum absolute atomic E-state index is 0.0706. The number of aromatic nitrogens is 2. The van der Waals surface area contributed by atoms with Crippen molar-refractivity contribution in [1.82, 2.24) is 23.9 Å². The first-order chi connectivity index (χ1) is 19.7. The number of hydrogen-bond donors (Lipinski definition) is 1. The highest BCUT2D eigenvalue weighted by Gasteiger charge is 2.30. The quantitative estimate of drug-likeness (QED) is 0.335. The summed E-state index contributed by atoms with van der Waals surface area (Å²) >= 11 is 0. The molecule has 0 unspecified atom stereocenters. The number of amides is 1. The first kappa shape index (κ1) is 30.2. The van der Waals surface area contributed by atoms with Crippen molar-refractivity contribution in [3.63, 3.8) is 0 Å². The summed E-state index contributed by atoms with van der Waals surface area (Å²) < 4.78 is 81.7. The van der Waals surface area contributed by atoms with E-state index in [0.717, 1.165) is 16.4 Å². The Morgan fingerprint density at radius 1 is 1.05 bits per heavy atom. The largest absolute Gasteiger partial charge is 0.481 e. The van der Waals surface area contributed by atoms with Crippen LogP contribution < -0.4 is 14.2 Å². The van der Waals surface area contributed by atoms with Crippen molar-refractivity contribution in [2.24, 2.45) is 0 Å². The molecule has 14 heteroatoms. The molecule has 1 fully saturated rings.